The predicted octanol–water partition coefficient (Wildman–Crippen LogP) is 5.25. The Balaban J connectivity index is 2.16. The Hall–Kier alpha value is -0.860. The minimum absolute atomic E-state index is 0.818. The maximum Gasteiger partial charge on any atom is 0.0725 e. The van der Waals surface area contributed by atoms with E-state index in [1.807, 2.05) is 6.20 Å². The Morgan fingerprint density at radius 2 is 1.76 bits per heavy atom. The molecule has 0 saturated heterocycles. The van der Waals surface area contributed by atoms with Crippen LogP contribution >= 0.6 is 0 Å². The average Bonchev–Trinajstić information content (AvgIpc) is 2.90. The van der Waals surface area contributed by atoms with Crippen LogP contribution in [-0.2, 0) is 13.0 Å². The lowest BCUT2D eigenvalue weighted by Gasteiger charge is -2.09. The molecular formula is C18H35N3. The lowest BCUT2D eigenvalue weighted by molar-refractivity contribution is 0.453. The van der Waals surface area contributed by atoms with Gasteiger partial charge in [0, 0.05) is 6.54 Å². The van der Waals surface area contributed by atoms with Crippen LogP contribution in [-0.4, -0.2) is 15.0 Å². The van der Waals surface area contributed by atoms with Crippen LogP contribution < -0.4 is 0 Å². The fourth-order valence-corrected chi connectivity index (χ4v) is 2.65. The second kappa shape index (κ2) is 10.8. The summed E-state index contributed by atoms with van der Waals surface area (Å²) in [7, 11) is 0. The molecule has 122 valence electrons. The molecule has 1 rings (SSSR count). The molecule has 0 fully saturated rings. The molecular weight excluding hydrogens is 258 g/mol. The van der Waals surface area contributed by atoms with Gasteiger partial charge in [-0.25, -0.2) is 4.68 Å². The van der Waals surface area contributed by atoms with Crippen molar-refractivity contribution in [2.24, 2.45) is 11.8 Å². The molecule has 1 atom stereocenters. The van der Waals surface area contributed by atoms with Gasteiger partial charge in [0.25, 0.3) is 0 Å². The Morgan fingerprint density at radius 1 is 1.00 bits per heavy atom. The van der Waals surface area contributed by atoms with Crippen molar-refractivity contribution in [3.63, 3.8) is 0 Å². The Kier molecular flexibility index (Phi) is 9.36. The van der Waals surface area contributed by atoms with Crippen LogP contribution in [0.2, 0.25) is 0 Å². The van der Waals surface area contributed by atoms with E-state index in [9.17, 15) is 0 Å². The second-order valence-electron chi connectivity index (χ2n) is 6.95. The van der Waals surface area contributed by atoms with E-state index in [0.717, 1.165) is 24.8 Å². The smallest absolute Gasteiger partial charge is 0.0725 e. The molecule has 0 saturated carbocycles. The zero-order valence-electron chi connectivity index (χ0n) is 14.6. The van der Waals surface area contributed by atoms with Gasteiger partial charge >= 0.3 is 0 Å². The van der Waals surface area contributed by atoms with Crippen LogP contribution in [0.1, 0.15) is 84.8 Å². The molecule has 0 bridgehead atoms. The largest absolute Gasteiger partial charge is 0.249 e. The van der Waals surface area contributed by atoms with Gasteiger partial charge in [0.2, 0.25) is 0 Å². The molecule has 0 N–H and O–H groups in total. The van der Waals surface area contributed by atoms with Crippen molar-refractivity contribution < 1.29 is 0 Å². The van der Waals surface area contributed by atoms with Gasteiger partial charge in [-0.2, -0.15) is 0 Å². The fraction of sp³-hybridized carbons (Fsp3) is 0.889. The minimum atomic E-state index is 0.818. The first-order valence-corrected chi connectivity index (χ1v) is 9.00. The van der Waals surface area contributed by atoms with E-state index in [0.29, 0.717) is 0 Å². The summed E-state index contributed by atoms with van der Waals surface area (Å²) in [4.78, 5) is 0. The molecule has 21 heavy (non-hydrogen) atoms. The normalized spacial score (nSPS) is 13.0. The molecule has 1 aromatic heterocycles. The summed E-state index contributed by atoms with van der Waals surface area (Å²) < 4.78 is 2.12. The van der Waals surface area contributed by atoms with Crippen LogP contribution in [0.4, 0.5) is 0 Å². The molecule has 0 aliphatic heterocycles. The summed E-state index contributed by atoms with van der Waals surface area (Å²) in [5.41, 5.74) is 1.32. The number of hydrogen-bond acceptors (Lipinski definition) is 2. The van der Waals surface area contributed by atoms with Crippen LogP contribution in [0, 0.1) is 11.8 Å². The first-order chi connectivity index (χ1) is 10.1. The Bertz CT molecular complexity index is 357. The summed E-state index contributed by atoms with van der Waals surface area (Å²) in [5, 5.41) is 8.33. The molecule has 0 aliphatic carbocycles. The zero-order chi connectivity index (χ0) is 15.5. The lowest BCUT2D eigenvalue weighted by atomic mass is 10.0. The third-order valence-corrected chi connectivity index (χ3v) is 4.43. The van der Waals surface area contributed by atoms with Gasteiger partial charge < -0.3 is 0 Å². The van der Waals surface area contributed by atoms with Gasteiger partial charge in [-0.05, 0) is 31.1 Å². The fourth-order valence-electron chi connectivity index (χ4n) is 2.65. The van der Waals surface area contributed by atoms with Crippen LogP contribution in [0.15, 0.2) is 6.20 Å². The number of rotatable bonds is 12. The van der Waals surface area contributed by atoms with Gasteiger partial charge in [0.15, 0.2) is 0 Å². The molecule has 1 heterocycles. The summed E-state index contributed by atoms with van der Waals surface area (Å²) in [5.74, 6) is 1.70. The van der Waals surface area contributed by atoms with Gasteiger partial charge in [0.1, 0.15) is 0 Å². The van der Waals surface area contributed by atoms with Crippen molar-refractivity contribution >= 4 is 0 Å². The van der Waals surface area contributed by atoms with Gasteiger partial charge in [-0.1, -0.05) is 71.4 Å². The number of unbranched alkanes of at least 4 members (excludes halogenated alkanes) is 3. The average molecular weight is 293 g/mol. The van der Waals surface area contributed by atoms with Crippen LogP contribution in [0.5, 0.6) is 0 Å². The van der Waals surface area contributed by atoms with Crippen LogP contribution in [0.25, 0.3) is 0 Å². The molecule has 0 aromatic carbocycles. The number of aryl methyl sites for hydroxylation is 2. The van der Waals surface area contributed by atoms with E-state index in [1.54, 1.807) is 0 Å². The molecule has 1 aromatic rings. The maximum atomic E-state index is 4.25. The first-order valence-electron chi connectivity index (χ1n) is 9.00. The predicted molar refractivity (Wildman–Crippen MR) is 90.3 cm³/mol. The topological polar surface area (TPSA) is 30.7 Å². The molecule has 0 aliphatic rings. The van der Waals surface area contributed by atoms with Crippen molar-refractivity contribution in [3.05, 3.63) is 11.9 Å². The molecule has 0 amide bonds. The van der Waals surface area contributed by atoms with Crippen LogP contribution in [0.3, 0.4) is 0 Å². The molecule has 3 nitrogen and oxygen atoms in total. The van der Waals surface area contributed by atoms with Crippen molar-refractivity contribution in [2.75, 3.05) is 0 Å². The number of aromatic nitrogens is 3. The van der Waals surface area contributed by atoms with Gasteiger partial charge in [0.05, 0.1) is 11.9 Å². The van der Waals surface area contributed by atoms with E-state index in [4.69, 9.17) is 0 Å². The molecule has 0 radical (unpaired) electrons. The zero-order valence-corrected chi connectivity index (χ0v) is 14.6. The second-order valence-corrected chi connectivity index (χ2v) is 6.95. The quantitative estimate of drug-likeness (QED) is 0.492. The molecule has 0 spiro atoms. The van der Waals surface area contributed by atoms with E-state index < -0.39 is 0 Å². The number of hydrogen-bond donors (Lipinski definition) is 0. The minimum Gasteiger partial charge on any atom is -0.249 e. The maximum absolute atomic E-state index is 4.25. The SMILES string of the molecule is CCC(C)CCCCCn1nncc1CCCCC(C)C. The summed E-state index contributed by atoms with van der Waals surface area (Å²) >= 11 is 0. The van der Waals surface area contributed by atoms with Crippen molar-refractivity contribution in [1.29, 1.82) is 0 Å². The summed E-state index contributed by atoms with van der Waals surface area (Å²) in [6.07, 6.45) is 13.6. The molecule has 3 heteroatoms. The highest BCUT2D eigenvalue weighted by Crippen LogP contribution is 2.14. The highest BCUT2D eigenvalue weighted by atomic mass is 15.4. The summed E-state index contributed by atoms with van der Waals surface area (Å²) in [6.45, 7) is 10.3. The first kappa shape index (κ1) is 18.2. The van der Waals surface area contributed by atoms with Crippen molar-refractivity contribution in [2.45, 2.75) is 92.0 Å². The monoisotopic (exact) mass is 293 g/mol. The third-order valence-electron chi connectivity index (χ3n) is 4.43. The van der Waals surface area contributed by atoms with E-state index >= 15 is 0 Å². The summed E-state index contributed by atoms with van der Waals surface area (Å²) in [6, 6.07) is 0. The van der Waals surface area contributed by atoms with Crippen molar-refractivity contribution in [3.8, 4) is 0 Å². The highest BCUT2D eigenvalue weighted by molar-refractivity contribution is 4.93. The van der Waals surface area contributed by atoms with E-state index in [2.05, 4.69) is 42.7 Å². The molecule has 1 unspecified atom stereocenters. The third kappa shape index (κ3) is 8.23. The lowest BCUT2D eigenvalue weighted by Crippen LogP contribution is -2.06. The Morgan fingerprint density at radius 3 is 2.48 bits per heavy atom. The van der Waals surface area contributed by atoms with Gasteiger partial charge in [-0.15, -0.1) is 5.10 Å². The standard InChI is InChI=1S/C18H35N3/c1-5-17(4)12-7-6-10-14-21-18(15-19-20-21)13-9-8-11-16(2)3/h15-17H,5-14H2,1-4H3. The van der Waals surface area contributed by atoms with E-state index in [1.165, 1.54) is 57.1 Å². The van der Waals surface area contributed by atoms with E-state index in [-0.39, 0.29) is 0 Å². The van der Waals surface area contributed by atoms with Gasteiger partial charge in [-0.3, -0.25) is 0 Å². The highest BCUT2D eigenvalue weighted by Gasteiger charge is 2.04. The Labute approximate surface area is 131 Å². The number of nitrogens with zero attached hydrogens (tertiary/aromatic N) is 3. The van der Waals surface area contributed by atoms with Crippen molar-refractivity contribution in [1.82, 2.24) is 15.0 Å².